The lowest BCUT2D eigenvalue weighted by atomic mass is 9.70. The number of anilines is 1. The molecule has 0 bridgehead atoms. The van der Waals surface area contributed by atoms with Gasteiger partial charge in [0, 0.05) is 47.1 Å². The summed E-state index contributed by atoms with van der Waals surface area (Å²) in [6.07, 6.45) is 6.69. The summed E-state index contributed by atoms with van der Waals surface area (Å²) < 4.78 is 7.22. The first-order valence-electron chi connectivity index (χ1n) is 8.72. The van der Waals surface area contributed by atoms with Gasteiger partial charge in [-0.05, 0) is 37.8 Å². The van der Waals surface area contributed by atoms with Crippen LogP contribution in [0.25, 0.3) is 11.1 Å². The van der Waals surface area contributed by atoms with Gasteiger partial charge in [-0.2, -0.15) is 0 Å². The molecule has 0 amide bonds. The Morgan fingerprint density at radius 2 is 2.08 bits per heavy atom. The Labute approximate surface area is 143 Å². The quantitative estimate of drug-likeness (QED) is 0.664. The Morgan fingerprint density at radius 1 is 1.29 bits per heavy atom. The van der Waals surface area contributed by atoms with Crippen LogP contribution in [0.5, 0.6) is 0 Å². The van der Waals surface area contributed by atoms with Crippen LogP contribution in [-0.4, -0.2) is 17.6 Å². The number of nitrogens with zero attached hydrogens (tertiary/aromatic N) is 1. The number of carbonyl (C=O) groups is 1. The third-order valence-electron chi connectivity index (χ3n) is 5.48. The highest BCUT2D eigenvalue weighted by Gasteiger charge is 2.38. The predicted molar refractivity (Wildman–Crippen MR) is 96.7 cm³/mol. The van der Waals surface area contributed by atoms with Gasteiger partial charge in [0.2, 0.25) is 0 Å². The van der Waals surface area contributed by atoms with E-state index in [1.54, 1.807) is 0 Å². The van der Waals surface area contributed by atoms with Gasteiger partial charge in [0.15, 0.2) is 0 Å². The molecule has 4 heteroatoms. The molecule has 0 saturated heterocycles. The molecule has 1 aliphatic rings. The van der Waals surface area contributed by atoms with Crippen molar-refractivity contribution in [2.75, 3.05) is 12.8 Å². The fourth-order valence-electron chi connectivity index (χ4n) is 4.12. The van der Waals surface area contributed by atoms with E-state index in [4.69, 9.17) is 10.5 Å². The van der Waals surface area contributed by atoms with E-state index in [9.17, 15) is 4.79 Å². The van der Waals surface area contributed by atoms with E-state index >= 15 is 0 Å². The number of aromatic nitrogens is 1. The molecule has 1 aromatic carbocycles. The Balaban J connectivity index is 2.07. The molecule has 128 valence electrons. The van der Waals surface area contributed by atoms with Crippen LogP contribution in [-0.2, 0) is 21.5 Å². The molecular weight excluding hydrogens is 300 g/mol. The molecule has 24 heavy (non-hydrogen) atoms. The van der Waals surface area contributed by atoms with Crippen molar-refractivity contribution in [3.63, 3.8) is 0 Å². The summed E-state index contributed by atoms with van der Waals surface area (Å²) in [5.74, 6) is -0.132. The smallest absolute Gasteiger partial charge is 0.305 e. The molecule has 0 spiro atoms. The van der Waals surface area contributed by atoms with Crippen LogP contribution in [0, 0.1) is 0 Å². The van der Waals surface area contributed by atoms with Crippen molar-refractivity contribution >= 4 is 11.7 Å². The maximum Gasteiger partial charge on any atom is 0.305 e. The summed E-state index contributed by atoms with van der Waals surface area (Å²) in [6.45, 7) is 3.25. The average molecular weight is 326 g/mol. The van der Waals surface area contributed by atoms with Crippen LogP contribution < -0.4 is 5.73 Å². The van der Waals surface area contributed by atoms with Crippen molar-refractivity contribution in [2.45, 2.75) is 51.0 Å². The van der Waals surface area contributed by atoms with E-state index in [0.717, 1.165) is 43.5 Å². The Morgan fingerprint density at radius 3 is 2.79 bits per heavy atom. The van der Waals surface area contributed by atoms with Crippen LogP contribution in [0.4, 0.5) is 5.69 Å². The van der Waals surface area contributed by atoms with Gasteiger partial charge in [-0.15, -0.1) is 0 Å². The van der Waals surface area contributed by atoms with Crippen LogP contribution >= 0.6 is 0 Å². The number of nitrogen functional groups attached to an aromatic ring is 1. The number of hydrogen-bond donors (Lipinski definition) is 1. The monoisotopic (exact) mass is 326 g/mol. The summed E-state index contributed by atoms with van der Waals surface area (Å²) in [5.41, 5.74) is 10.7. The van der Waals surface area contributed by atoms with Gasteiger partial charge in [0.25, 0.3) is 0 Å². The molecule has 2 N–H and O–H groups in total. The van der Waals surface area contributed by atoms with Gasteiger partial charge in [-0.3, -0.25) is 4.79 Å². The normalized spacial score (nSPS) is 19.8. The third-order valence-corrected chi connectivity index (χ3v) is 5.48. The van der Waals surface area contributed by atoms with Crippen molar-refractivity contribution in [2.24, 2.45) is 0 Å². The first kappa shape index (κ1) is 16.6. The molecule has 0 unspecified atom stereocenters. The van der Waals surface area contributed by atoms with E-state index in [-0.39, 0.29) is 11.4 Å². The zero-order valence-corrected chi connectivity index (χ0v) is 14.5. The number of hydrogen-bond acceptors (Lipinski definition) is 3. The fourth-order valence-corrected chi connectivity index (χ4v) is 4.12. The average Bonchev–Trinajstić information content (AvgIpc) is 3.05. The maximum atomic E-state index is 11.7. The number of aryl methyl sites for hydroxylation is 1. The topological polar surface area (TPSA) is 57.2 Å². The van der Waals surface area contributed by atoms with E-state index < -0.39 is 0 Å². The molecule has 2 aromatic rings. The van der Waals surface area contributed by atoms with Crippen LogP contribution in [0.1, 0.15) is 44.7 Å². The molecule has 1 atom stereocenters. The van der Waals surface area contributed by atoms with Crippen LogP contribution in [0.2, 0.25) is 0 Å². The zero-order chi connectivity index (χ0) is 17.2. The molecule has 2 heterocycles. The number of carbonyl (C=O) groups excluding carboxylic acids is 1. The molecular formula is C20H26N2O2. The number of fused-ring (bicyclic) bond motifs is 1. The SMILES string of the molecule is CC[C@]1(CCC(=O)OC)CCCn2ccc(-c3ccccc3N)c21. The molecule has 3 rings (SSSR count). The molecule has 0 radical (unpaired) electrons. The number of ether oxygens (including phenoxy) is 1. The summed E-state index contributed by atoms with van der Waals surface area (Å²) in [6, 6.07) is 10.2. The van der Waals surface area contributed by atoms with Crippen LogP contribution in [0.15, 0.2) is 36.5 Å². The Hall–Kier alpha value is -2.23. The Bertz CT molecular complexity index is 735. The standard InChI is InChI=1S/C20H26N2O2/c1-3-20(12-9-18(23)24-2)11-6-13-22-14-10-16(19(20)22)15-7-4-5-8-17(15)21/h4-5,7-8,10,14H,3,6,9,11-13,21H2,1-2H3/t20-/m1/s1. The molecule has 1 aliphatic heterocycles. The highest BCUT2D eigenvalue weighted by atomic mass is 16.5. The lowest BCUT2D eigenvalue weighted by molar-refractivity contribution is -0.141. The molecule has 0 saturated carbocycles. The largest absolute Gasteiger partial charge is 0.469 e. The third kappa shape index (κ3) is 2.81. The lowest BCUT2D eigenvalue weighted by Crippen LogP contribution is -2.34. The summed E-state index contributed by atoms with van der Waals surface area (Å²) in [4.78, 5) is 11.7. The fraction of sp³-hybridized carbons (Fsp3) is 0.450. The lowest BCUT2D eigenvalue weighted by Gasteiger charge is -2.39. The molecule has 0 fully saturated rings. The van der Waals surface area contributed by atoms with Crippen molar-refractivity contribution < 1.29 is 9.53 Å². The molecule has 0 aliphatic carbocycles. The van der Waals surface area contributed by atoms with Crippen molar-refractivity contribution in [3.05, 3.63) is 42.2 Å². The zero-order valence-electron chi connectivity index (χ0n) is 14.5. The van der Waals surface area contributed by atoms with Gasteiger partial charge < -0.3 is 15.0 Å². The van der Waals surface area contributed by atoms with E-state index in [0.29, 0.717) is 6.42 Å². The minimum Gasteiger partial charge on any atom is -0.469 e. The Kier molecular flexibility index (Phi) is 4.65. The number of esters is 1. The van der Waals surface area contributed by atoms with Crippen molar-refractivity contribution in [3.8, 4) is 11.1 Å². The molecule has 4 nitrogen and oxygen atoms in total. The number of benzene rings is 1. The van der Waals surface area contributed by atoms with Gasteiger partial charge in [0.1, 0.15) is 0 Å². The minimum absolute atomic E-state index is 0.00749. The number of rotatable bonds is 5. The van der Waals surface area contributed by atoms with Crippen molar-refractivity contribution in [1.29, 1.82) is 0 Å². The summed E-state index contributed by atoms with van der Waals surface area (Å²) in [7, 11) is 1.46. The van der Waals surface area contributed by atoms with E-state index in [1.165, 1.54) is 18.4 Å². The highest BCUT2D eigenvalue weighted by Crippen LogP contribution is 2.46. The van der Waals surface area contributed by atoms with E-state index in [1.807, 2.05) is 18.2 Å². The van der Waals surface area contributed by atoms with Gasteiger partial charge in [-0.1, -0.05) is 25.1 Å². The van der Waals surface area contributed by atoms with E-state index in [2.05, 4.69) is 29.8 Å². The number of para-hydroxylation sites is 1. The maximum absolute atomic E-state index is 11.7. The first-order valence-corrected chi connectivity index (χ1v) is 8.72. The molecule has 1 aromatic heterocycles. The predicted octanol–water partition coefficient (Wildman–Crippen LogP) is 4.13. The van der Waals surface area contributed by atoms with Gasteiger partial charge in [-0.25, -0.2) is 0 Å². The highest BCUT2D eigenvalue weighted by molar-refractivity contribution is 5.79. The summed E-state index contributed by atoms with van der Waals surface area (Å²) >= 11 is 0. The van der Waals surface area contributed by atoms with Gasteiger partial charge >= 0.3 is 5.97 Å². The second-order valence-electron chi connectivity index (χ2n) is 6.67. The second kappa shape index (κ2) is 6.71. The van der Waals surface area contributed by atoms with Gasteiger partial charge in [0.05, 0.1) is 7.11 Å². The minimum atomic E-state index is -0.132. The van der Waals surface area contributed by atoms with Crippen molar-refractivity contribution in [1.82, 2.24) is 4.57 Å². The number of methoxy groups -OCH3 is 1. The van der Waals surface area contributed by atoms with Crippen LogP contribution in [0.3, 0.4) is 0 Å². The second-order valence-corrected chi connectivity index (χ2v) is 6.67. The number of nitrogens with two attached hydrogens (primary N) is 1. The first-order chi connectivity index (χ1) is 11.6. The summed E-state index contributed by atoms with van der Waals surface area (Å²) in [5, 5.41) is 0.